The molecule has 2 aromatic carbocycles. The average Bonchev–Trinajstić information content (AvgIpc) is 3.22. The molecule has 0 spiro atoms. The fourth-order valence-corrected chi connectivity index (χ4v) is 3.83. The van der Waals surface area contributed by atoms with Crippen LogP contribution in [0.3, 0.4) is 0 Å². The summed E-state index contributed by atoms with van der Waals surface area (Å²) in [5.41, 5.74) is 3.66. The van der Waals surface area contributed by atoms with E-state index in [-0.39, 0.29) is 29.8 Å². The van der Waals surface area contributed by atoms with Crippen molar-refractivity contribution in [1.29, 1.82) is 0 Å². The van der Waals surface area contributed by atoms with E-state index >= 15 is 0 Å². The van der Waals surface area contributed by atoms with E-state index in [0.717, 1.165) is 16.7 Å². The van der Waals surface area contributed by atoms with E-state index in [0.29, 0.717) is 24.1 Å². The molecule has 2 aromatic rings. The monoisotopic (exact) mass is 361 g/mol. The molecule has 1 heterocycles. The molecule has 0 aromatic heterocycles. The number of hydrogen-bond donors (Lipinski definition) is 3. The molecule has 1 aliphatic heterocycles. The topological polar surface area (TPSA) is 87.3 Å². The second-order valence-corrected chi connectivity index (χ2v) is 6.70. The van der Waals surface area contributed by atoms with Crippen LogP contribution in [0.4, 0.5) is 0 Å². The smallest absolute Gasteiger partial charge is 0.252 e. The Hall–Kier alpha value is -3.41. The van der Waals surface area contributed by atoms with Gasteiger partial charge in [0.15, 0.2) is 0 Å². The zero-order valence-corrected chi connectivity index (χ0v) is 14.6. The predicted molar refractivity (Wildman–Crippen MR) is 100 cm³/mol. The number of carbonyl (C=O) groups excluding carboxylic acids is 3. The third kappa shape index (κ3) is 2.99. The molecule has 2 atom stereocenters. The van der Waals surface area contributed by atoms with Gasteiger partial charge in [0.1, 0.15) is 0 Å². The molecule has 6 nitrogen and oxygen atoms in total. The molecule has 3 amide bonds. The lowest BCUT2D eigenvalue weighted by atomic mass is 10.0. The lowest BCUT2D eigenvalue weighted by Crippen LogP contribution is -2.44. The highest BCUT2D eigenvalue weighted by Gasteiger charge is 2.35. The summed E-state index contributed by atoms with van der Waals surface area (Å²) in [5.74, 6) is -0.850. The van der Waals surface area contributed by atoms with Crippen molar-refractivity contribution < 1.29 is 14.4 Å². The third-order valence-electron chi connectivity index (χ3n) is 5.09. The highest BCUT2D eigenvalue weighted by atomic mass is 16.2. The molecule has 0 saturated heterocycles. The van der Waals surface area contributed by atoms with Crippen LogP contribution in [-0.2, 0) is 17.8 Å². The van der Waals surface area contributed by atoms with Gasteiger partial charge in [0.25, 0.3) is 11.8 Å². The normalized spacial score (nSPS) is 19.6. The number of fused-ring (bicyclic) bond motifs is 2. The maximum absolute atomic E-state index is 12.9. The minimum Gasteiger partial charge on any atom is -0.348 e. The maximum atomic E-state index is 12.9. The molecular formula is C21H19N3O3. The lowest BCUT2D eigenvalue weighted by Gasteiger charge is -2.23. The van der Waals surface area contributed by atoms with Crippen molar-refractivity contribution in [3.8, 4) is 0 Å². The summed E-state index contributed by atoms with van der Waals surface area (Å²) in [6.07, 6.45) is 1.82. The van der Waals surface area contributed by atoms with Gasteiger partial charge in [-0.1, -0.05) is 43.0 Å². The molecule has 0 fully saturated rings. The van der Waals surface area contributed by atoms with Crippen LogP contribution in [0.2, 0.25) is 0 Å². The van der Waals surface area contributed by atoms with Crippen LogP contribution in [0.15, 0.2) is 55.1 Å². The first-order valence-corrected chi connectivity index (χ1v) is 8.80. The van der Waals surface area contributed by atoms with Crippen LogP contribution in [0.25, 0.3) is 0 Å². The molecule has 3 N–H and O–H groups in total. The van der Waals surface area contributed by atoms with Crippen LogP contribution in [0.1, 0.15) is 43.4 Å². The van der Waals surface area contributed by atoms with Crippen LogP contribution in [0.5, 0.6) is 0 Å². The van der Waals surface area contributed by atoms with E-state index in [9.17, 15) is 14.4 Å². The quantitative estimate of drug-likeness (QED) is 0.724. The van der Waals surface area contributed by atoms with Crippen molar-refractivity contribution in [2.24, 2.45) is 0 Å². The minimum atomic E-state index is -0.346. The largest absolute Gasteiger partial charge is 0.348 e. The summed E-state index contributed by atoms with van der Waals surface area (Å²) in [7, 11) is 0. The van der Waals surface area contributed by atoms with Crippen molar-refractivity contribution >= 4 is 17.7 Å². The second kappa shape index (κ2) is 6.72. The Balaban J connectivity index is 1.61. The van der Waals surface area contributed by atoms with E-state index in [1.54, 1.807) is 12.1 Å². The standard InChI is InChI=1S/C21H19N3O3/c1-2-17(25)24-19-14-8-4-3-6-12(14)10-16(19)23-20(26)15-9-5-7-13-11-22-21(27)18(13)15/h2-9,16,19H,1,10-11H2,(H,22,27)(H,23,26)(H,24,25)/t16-,19-/m1/s1. The van der Waals surface area contributed by atoms with Crippen molar-refractivity contribution in [2.75, 3.05) is 0 Å². The van der Waals surface area contributed by atoms with Gasteiger partial charge in [0, 0.05) is 6.54 Å². The summed E-state index contributed by atoms with van der Waals surface area (Å²) in [6.45, 7) is 3.93. The first-order valence-electron chi connectivity index (χ1n) is 8.80. The molecule has 2 aliphatic rings. The van der Waals surface area contributed by atoms with Crippen LogP contribution >= 0.6 is 0 Å². The first kappa shape index (κ1) is 17.0. The Morgan fingerprint density at radius 2 is 1.85 bits per heavy atom. The number of carbonyl (C=O) groups is 3. The molecule has 27 heavy (non-hydrogen) atoms. The molecule has 0 bridgehead atoms. The number of nitrogens with one attached hydrogen (secondary N) is 3. The molecule has 136 valence electrons. The van der Waals surface area contributed by atoms with E-state index in [1.807, 2.05) is 30.3 Å². The van der Waals surface area contributed by atoms with Gasteiger partial charge in [-0.05, 0) is 35.3 Å². The summed E-state index contributed by atoms with van der Waals surface area (Å²) in [4.78, 5) is 36.9. The van der Waals surface area contributed by atoms with Gasteiger partial charge < -0.3 is 16.0 Å². The molecule has 4 rings (SSSR count). The SMILES string of the molecule is C=CC(=O)N[C@@H]1c2ccccc2C[C@H]1NC(=O)c1cccc2c1C(=O)NC2. The Labute approximate surface area is 156 Å². The first-order chi connectivity index (χ1) is 13.1. The van der Waals surface area contributed by atoms with Gasteiger partial charge in [-0.15, -0.1) is 0 Å². The highest BCUT2D eigenvalue weighted by Crippen LogP contribution is 2.32. The van der Waals surface area contributed by atoms with Crippen molar-refractivity contribution in [2.45, 2.75) is 25.0 Å². The van der Waals surface area contributed by atoms with Crippen LogP contribution in [0, 0.1) is 0 Å². The number of rotatable bonds is 4. The van der Waals surface area contributed by atoms with Crippen molar-refractivity contribution in [1.82, 2.24) is 16.0 Å². The lowest BCUT2D eigenvalue weighted by molar-refractivity contribution is -0.117. The molecule has 6 heteroatoms. The molecular weight excluding hydrogens is 342 g/mol. The van der Waals surface area contributed by atoms with Gasteiger partial charge >= 0.3 is 0 Å². The fourth-order valence-electron chi connectivity index (χ4n) is 3.83. The number of hydrogen-bond acceptors (Lipinski definition) is 3. The molecule has 1 aliphatic carbocycles. The van der Waals surface area contributed by atoms with E-state index < -0.39 is 0 Å². The van der Waals surface area contributed by atoms with Gasteiger partial charge in [-0.3, -0.25) is 14.4 Å². The van der Waals surface area contributed by atoms with E-state index in [4.69, 9.17) is 0 Å². The molecule has 0 unspecified atom stereocenters. The Bertz CT molecular complexity index is 967. The third-order valence-corrected chi connectivity index (χ3v) is 5.09. The van der Waals surface area contributed by atoms with Crippen molar-refractivity contribution in [3.63, 3.8) is 0 Å². The summed E-state index contributed by atoms with van der Waals surface area (Å²) < 4.78 is 0. The number of amides is 3. The fraction of sp³-hybridized carbons (Fsp3) is 0.190. The van der Waals surface area contributed by atoms with E-state index in [1.165, 1.54) is 6.08 Å². The van der Waals surface area contributed by atoms with E-state index in [2.05, 4.69) is 22.5 Å². The van der Waals surface area contributed by atoms with Gasteiger partial charge in [-0.2, -0.15) is 0 Å². The van der Waals surface area contributed by atoms with Crippen LogP contribution in [-0.4, -0.2) is 23.8 Å². The summed E-state index contributed by atoms with van der Waals surface area (Å²) in [6, 6.07) is 12.4. The maximum Gasteiger partial charge on any atom is 0.252 e. The zero-order chi connectivity index (χ0) is 19.0. The molecule has 0 saturated carbocycles. The molecule has 0 radical (unpaired) electrons. The predicted octanol–water partition coefficient (Wildman–Crippen LogP) is 1.63. The van der Waals surface area contributed by atoms with Gasteiger partial charge in [0.2, 0.25) is 5.91 Å². The Kier molecular flexibility index (Phi) is 4.24. The van der Waals surface area contributed by atoms with Crippen LogP contribution < -0.4 is 16.0 Å². The number of benzene rings is 2. The summed E-state index contributed by atoms with van der Waals surface area (Å²) in [5, 5.41) is 8.65. The van der Waals surface area contributed by atoms with Gasteiger partial charge in [-0.25, -0.2) is 0 Å². The minimum absolute atomic E-state index is 0.234. The zero-order valence-electron chi connectivity index (χ0n) is 14.6. The Morgan fingerprint density at radius 1 is 1.07 bits per heavy atom. The Morgan fingerprint density at radius 3 is 2.67 bits per heavy atom. The highest BCUT2D eigenvalue weighted by molar-refractivity contribution is 6.09. The average molecular weight is 361 g/mol. The second-order valence-electron chi connectivity index (χ2n) is 6.70. The van der Waals surface area contributed by atoms with Crippen molar-refractivity contribution in [3.05, 3.63) is 82.9 Å². The summed E-state index contributed by atoms with van der Waals surface area (Å²) >= 11 is 0. The van der Waals surface area contributed by atoms with Gasteiger partial charge in [0.05, 0.1) is 23.2 Å².